The smallest absolute Gasteiger partial charge is 0.339 e. The molecule has 5 nitrogen and oxygen atoms in total. The summed E-state index contributed by atoms with van der Waals surface area (Å²) in [4.78, 5) is 30.0. The lowest BCUT2D eigenvalue weighted by Crippen LogP contribution is -2.30. The number of nitrogens with one attached hydrogen (secondary N) is 1. The van der Waals surface area contributed by atoms with Crippen LogP contribution in [0.3, 0.4) is 0 Å². The second-order valence-electron chi connectivity index (χ2n) is 6.88. The van der Waals surface area contributed by atoms with Crippen molar-refractivity contribution in [1.82, 2.24) is 4.98 Å². The SMILES string of the molecule is Cc1ccccc1NC(=O)C(C)OC(=O)c1ccccc1-c1nc2ccccc2s1. The quantitative estimate of drug-likeness (QED) is 0.439. The maximum atomic E-state index is 12.9. The van der Waals surface area contributed by atoms with Crippen molar-refractivity contribution in [3.63, 3.8) is 0 Å². The monoisotopic (exact) mass is 416 g/mol. The zero-order valence-corrected chi connectivity index (χ0v) is 17.4. The van der Waals surface area contributed by atoms with Gasteiger partial charge in [-0.15, -0.1) is 11.3 Å². The summed E-state index contributed by atoms with van der Waals surface area (Å²) in [7, 11) is 0. The number of nitrogens with zero attached hydrogens (tertiary/aromatic N) is 1. The molecule has 0 saturated heterocycles. The van der Waals surface area contributed by atoms with Gasteiger partial charge < -0.3 is 10.1 Å². The minimum atomic E-state index is -0.944. The fraction of sp³-hybridized carbons (Fsp3) is 0.125. The van der Waals surface area contributed by atoms with Gasteiger partial charge in [0.05, 0.1) is 15.8 Å². The molecule has 1 unspecified atom stereocenters. The highest BCUT2D eigenvalue weighted by molar-refractivity contribution is 7.21. The zero-order valence-electron chi connectivity index (χ0n) is 16.6. The van der Waals surface area contributed by atoms with E-state index >= 15 is 0 Å². The summed E-state index contributed by atoms with van der Waals surface area (Å²) in [6.07, 6.45) is -0.944. The van der Waals surface area contributed by atoms with Crippen molar-refractivity contribution in [2.45, 2.75) is 20.0 Å². The van der Waals surface area contributed by atoms with E-state index in [2.05, 4.69) is 10.3 Å². The molecule has 0 bridgehead atoms. The summed E-state index contributed by atoms with van der Waals surface area (Å²) < 4.78 is 6.52. The molecule has 4 aromatic rings. The number of aryl methyl sites for hydroxylation is 1. The van der Waals surface area contributed by atoms with Crippen molar-refractivity contribution >= 4 is 39.1 Å². The normalized spacial score (nSPS) is 11.8. The number of carbonyl (C=O) groups excluding carboxylic acids is 2. The lowest BCUT2D eigenvalue weighted by Gasteiger charge is -2.15. The van der Waals surface area contributed by atoms with E-state index < -0.39 is 12.1 Å². The number of amides is 1. The molecule has 0 radical (unpaired) electrons. The van der Waals surface area contributed by atoms with Crippen LogP contribution in [0.4, 0.5) is 5.69 Å². The topological polar surface area (TPSA) is 68.3 Å². The number of hydrogen-bond donors (Lipinski definition) is 1. The van der Waals surface area contributed by atoms with Crippen LogP contribution in [0.5, 0.6) is 0 Å². The van der Waals surface area contributed by atoms with Crippen LogP contribution in [-0.2, 0) is 9.53 Å². The van der Waals surface area contributed by atoms with Crippen molar-refractivity contribution in [2.24, 2.45) is 0 Å². The fourth-order valence-electron chi connectivity index (χ4n) is 3.06. The number of aromatic nitrogens is 1. The molecule has 0 spiro atoms. The van der Waals surface area contributed by atoms with Crippen molar-refractivity contribution in [2.75, 3.05) is 5.32 Å². The first-order valence-electron chi connectivity index (χ1n) is 9.55. The van der Waals surface area contributed by atoms with E-state index in [0.717, 1.165) is 20.8 Å². The molecule has 0 saturated carbocycles. The Morgan fingerprint density at radius 1 is 0.967 bits per heavy atom. The third kappa shape index (κ3) is 4.09. The maximum Gasteiger partial charge on any atom is 0.339 e. The second-order valence-corrected chi connectivity index (χ2v) is 7.91. The summed E-state index contributed by atoms with van der Waals surface area (Å²) in [5.74, 6) is -0.938. The first-order valence-corrected chi connectivity index (χ1v) is 10.4. The van der Waals surface area contributed by atoms with E-state index in [1.54, 1.807) is 19.1 Å². The summed E-state index contributed by atoms with van der Waals surface area (Å²) in [5.41, 5.74) is 3.58. The third-order valence-corrected chi connectivity index (χ3v) is 5.80. The Kier molecular flexibility index (Phi) is 5.59. The fourth-order valence-corrected chi connectivity index (χ4v) is 4.07. The Morgan fingerprint density at radius 3 is 2.47 bits per heavy atom. The number of hydrogen-bond acceptors (Lipinski definition) is 5. The molecule has 4 rings (SSSR count). The number of fused-ring (bicyclic) bond motifs is 1. The van der Waals surface area contributed by atoms with E-state index in [1.165, 1.54) is 11.3 Å². The van der Waals surface area contributed by atoms with Gasteiger partial charge in [0, 0.05) is 11.3 Å². The van der Waals surface area contributed by atoms with Crippen molar-refractivity contribution in [3.8, 4) is 10.6 Å². The summed E-state index contributed by atoms with van der Waals surface area (Å²) in [6.45, 7) is 3.46. The third-order valence-electron chi connectivity index (χ3n) is 4.73. The van der Waals surface area contributed by atoms with Crippen molar-refractivity contribution < 1.29 is 14.3 Å². The number of esters is 1. The number of anilines is 1. The molecule has 6 heteroatoms. The van der Waals surface area contributed by atoms with Crippen LogP contribution >= 0.6 is 11.3 Å². The molecule has 1 atom stereocenters. The molecule has 0 aliphatic heterocycles. The highest BCUT2D eigenvalue weighted by Gasteiger charge is 2.22. The van der Waals surface area contributed by atoms with Crippen molar-refractivity contribution in [3.05, 3.63) is 83.9 Å². The van der Waals surface area contributed by atoms with Gasteiger partial charge in [-0.3, -0.25) is 4.79 Å². The number of rotatable bonds is 5. The van der Waals surface area contributed by atoms with E-state index in [0.29, 0.717) is 16.8 Å². The van der Waals surface area contributed by atoms with Crippen LogP contribution in [-0.4, -0.2) is 23.0 Å². The van der Waals surface area contributed by atoms with Crippen LogP contribution in [0, 0.1) is 6.92 Å². The molecule has 1 N–H and O–H groups in total. The molecule has 150 valence electrons. The van der Waals surface area contributed by atoms with Gasteiger partial charge in [0.2, 0.25) is 0 Å². The van der Waals surface area contributed by atoms with E-state index in [9.17, 15) is 9.59 Å². The van der Waals surface area contributed by atoms with Gasteiger partial charge in [0.15, 0.2) is 6.10 Å². The highest BCUT2D eigenvalue weighted by atomic mass is 32.1. The predicted molar refractivity (Wildman–Crippen MR) is 120 cm³/mol. The lowest BCUT2D eigenvalue weighted by atomic mass is 10.1. The van der Waals surface area contributed by atoms with Crippen LogP contribution < -0.4 is 5.32 Å². The number of benzene rings is 3. The average molecular weight is 417 g/mol. The lowest BCUT2D eigenvalue weighted by molar-refractivity contribution is -0.123. The van der Waals surface area contributed by atoms with Gasteiger partial charge >= 0.3 is 5.97 Å². The van der Waals surface area contributed by atoms with Gasteiger partial charge in [0.1, 0.15) is 5.01 Å². The second kappa shape index (κ2) is 8.47. The molecule has 0 aliphatic carbocycles. The van der Waals surface area contributed by atoms with Crippen LogP contribution in [0.15, 0.2) is 72.8 Å². The Labute approximate surface area is 178 Å². The van der Waals surface area contributed by atoms with Gasteiger partial charge in [-0.25, -0.2) is 9.78 Å². The Bertz CT molecular complexity index is 1200. The first-order chi connectivity index (χ1) is 14.5. The van der Waals surface area contributed by atoms with E-state index in [-0.39, 0.29) is 5.91 Å². The van der Waals surface area contributed by atoms with Gasteiger partial charge in [-0.1, -0.05) is 48.5 Å². The van der Waals surface area contributed by atoms with Crippen LogP contribution in [0.1, 0.15) is 22.8 Å². The Morgan fingerprint density at radius 2 is 1.67 bits per heavy atom. The molecular formula is C24H20N2O3S. The van der Waals surface area contributed by atoms with E-state index in [1.807, 2.05) is 67.6 Å². The van der Waals surface area contributed by atoms with Crippen LogP contribution in [0.25, 0.3) is 20.8 Å². The molecule has 1 heterocycles. The Balaban J connectivity index is 1.54. The first kappa shape index (κ1) is 19.8. The number of ether oxygens (including phenoxy) is 1. The summed E-state index contributed by atoms with van der Waals surface area (Å²) in [5, 5.41) is 3.54. The van der Waals surface area contributed by atoms with Gasteiger partial charge in [-0.2, -0.15) is 0 Å². The average Bonchev–Trinajstić information content (AvgIpc) is 3.19. The molecule has 0 fully saturated rings. The molecular weight excluding hydrogens is 396 g/mol. The van der Waals surface area contributed by atoms with Crippen LogP contribution in [0.2, 0.25) is 0 Å². The largest absolute Gasteiger partial charge is 0.449 e. The van der Waals surface area contributed by atoms with Gasteiger partial charge in [-0.05, 0) is 43.7 Å². The highest BCUT2D eigenvalue weighted by Crippen LogP contribution is 2.32. The number of carbonyl (C=O) groups is 2. The number of para-hydroxylation sites is 2. The minimum Gasteiger partial charge on any atom is -0.449 e. The molecule has 1 aromatic heterocycles. The molecule has 30 heavy (non-hydrogen) atoms. The molecule has 1 amide bonds. The zero-order chi connectivity index (χ0) is 21.1. The standard InChI is InChI=1S/C24H20N2O3S/c1-15-9-3-6-12-19(15)25-22(27)16(2)29-24(28)18-11-5-4-10-17(18)23-26-20-13-7-8-14-21(20)30-23/h3-14,16H,1-2H3,(H,25,27). The molecule has 3 aromatic carbocycles. The summed E-state index contributed by atoms with van der Waals surface area (Å²) in [6, 6.07) is 22.4. The predicted octanol–water partition coefficient (Wildman–Crippen LogP) is 5.46. The molecule has 0 aliphatic rings. The van der Waals surface area contributed by atoms with E-state index in [4.69, 9.17) is 4.74 Å². The van der Waals surface area contributed by atoms with Crippen molar-refractivity contribution in [1.29, 1.82) is 0 Å². The summed E-state index contributed by atoms with van der Waals surface area (Å²) >= 11 is 1.51. The maximum absolute atomic E-state index is 12.9. The number of thiazole rings is 1. The van der Waals surface area contributed by atoms with Gasteiger partial charge in [0.25, 0.3) is 5.91 Å². The minimum absolute atomic E-state index is 0.380. The Hall–Kier alpha value is -3.51.